The molecule has 2 aliphatic heterocycles. The van der Waals surface area contributed by atoms with Gasteiger partial charge in [-0.15, -0.1) is 0 Å². The molecule has 0 bridgehead atoms. The predicted molar refractivity (Wildman–Crippen MR) is 178 cm³/mol. The van der Waals surface area contributed by atoms with Crippen LogP contribution in [0.4, 0.5) is 16.2 Å². The molecule has 2 amide bonds. The molecule has 2 aromatic rings. The second-order valence-electron chi connectivity index (χ2n) is 12.8. The van der Waals surface area contributed by atoms with Gasteiger partial charge < -0.3 is 24.3 Å². The average molecular weight is 757 g/mol. The van der Waals surface area contributed by atoms with Gasteiger partial charge >= 0.3 is 39.2 Å². The van der Waals surface area contributed by atoms with Gasteiger partial charge in [0, 0.05) is 43.1 Å². The Morgan fingerprint density at radius 3 is 2.43 bits per heavy atom. The van der Waals surface area contributed by atoms with Gasteiger partial charge in [-0.2, -0.15) is 0 Å². The Hall–Kier alpha value is -1.63. The number of nitrogens with one attached hydrogen (secondary N) is 1. The molecule has 2 saturated heterocycles. The van der Waals surface area contributed by atoms with E-state index in [0.717, 1.165) is 48.7 Å². The van der Waals surface area contributed by atoms with Crippen LogP contribution in [0.3, 0.4) is 0 Å². The fourth-order valence-corrected chi connectivity index (χ4v) is 5.81. The number of ether oxygens (including phenoxy) is 1. The van der Waals surface area contributed by atoms with Crippen LogP contribution in [0.5, 0.6) is 0 Å². The van der Waals surface area contributed by atoms with Gasteiger partial charge in [0.1, 0.15) is 6.10 Å². The van der Waals surface area contributed by atoms with Crippen molar-refractivity contribution in [1.82, 2.24) is 10.2 Å². The van der Waals surface area contributed by atoms with Gasteiger partial charge in [0.05, 0.1) is 19.2 Å². The van der Waals surface area contributed by atoms with Crippen LogP contribution in [0.25, 0.3) is 0 Å². The van der Waals surface area contributed by atoms with E-state index in [1.807, 2.05) is 50.2 Å². The molecule has 2 heterocycles. The molecule has 1 unspecified atom stereocenters. The van der Waals surface area contributed by atoms with E-state index in [9.17, 15) is 9.59 Å². The van der Waals surface area contributed by atoms with E-state index >= 15 is 0 Å². The molecule has 0 aliphatic carbocycles. The second kappa shape index (κ2) is 14.9. The number of rotatable bonds is 8. The molecule has 0 radical (unpaired) electrons. The predicted octanol–water partition coefficient (Wildman–Crippen LogP) is 6.47. The third-order valence-corrected chi connectivity index (χ3v) is 13.2. The zero-order valence-electron chi connectivity index (χ0n) is 26.1. The average Bonchev–Trinajstić information content (AvgIpc) is 3.33. The molecule has 0 saturated carbocycles. The number of cyclic esters (lactones) is 1. The zero-order valence-corrected chi connectivity index (χ0v) is 30.2. The van der Waals surface area contributed by atoms with Crippen LogP contribution in [0.2, 0.25) is 18.1 Å². The molecule has 8 nitrogen and oxygen atoms in total. The third kappa shape index (κ3) is 8.72. The van der Waals surface area contributed by atoms with Crippen LogP contribution in [-0.2, 0) is 21.9 Å². The quantitative estimate of drug-likeness (QED) is 0.246. The maximum atomic E-state index is 13.4. The van der Waals surface area contributed by atoms with E-state index in [-0.39, 0.29) is 29.2 Å². The van der Waals surface area contributed by atoms with Gasteiger partial charge in [0.15, 0.2) is 8.32 Å². The topological polar surface area (TPSA) is 74.3 Å². The van der Waals surface area contributed by atoms with Crippen molar-refractivity contribution in [2.45, 2.75) is 64.9 Å². The maximum absolute atomic E-state index is 13.4. The summed E-state index contributed by atoms with van der Waals surface area (Å²) < 4.78 is 11.9. The van der Waals surface area contributed by atoms with Crippen LogP contribution in [-0.4, -0.2) is 77.7 Å². The van der Waals surface area contributed by atoms with E-state index in [1.54, 1.807) is 25.2 Å². The van der Waals surface area contributed by atoms with Crippen LogP contribution in [0.15, 0.2) is 42.5 Å². The van der Waals surface area contributed by atoms with Crippen molar-refractivity contribution in [2.75, 3.05) is 56.2 Å². The monoisotopic (exact) mass is 756 g/mol. The molecule has 2 atom stereocenters. The number of carbonyl (C=O) groups excluding carboxylic acids is 2. The summed E-state index contributed by atoms with van der Waals surface area (Å²) in [4.78, 5) is 32.4. The number of hydrogen-bond donors (Lipinski definition) is 1. The van der Waals surface area contributed by atoms with Gasteiger partial charge in [-0.1, -0.05) is 39.0 Å². The first kappa shape index (κ1) is 34.9. The summed E-state index contributed by atoms with van der Waals surface area (Å²) in [5, 5.41) is 3.26. The molecule has 42 heavy (non-hydrogen) atoms. The number of aryl methyl sites for hydroxylation is 1. The number of nitrogens with zero attached hydrogens (tertiary/aromatic N) is 3. The molecular formula is C31H46CuIN4O4Si. The van der Waals surface area contributed by atoms with E-state index in [0.29, 0.717) is 18.7 Å². The fraction of sp³-hybridized carbons (Fsp3) is 0.548. The molecule has 2 aliphatic rings. The minimum atomic E-state index is -1.94. The first-order valence-electron chi connectivity index (χ1n) is 14.4. The van der Waals surface area contributed by atoms with Crippen molar-refractivity contribution < 1.29 is 31.5 Å². The van der Waals surface area contributed by atoms with Crippen molar-refractivity contribution in [2.24, 2.45) is 0 Å². The van der Waals surface area contributed by atoms with E-state index in [2.05, 4.69) is 74.9 Å². The van der Waals surface area contributed by atoms with E-state index in [1.165, 1.54) is 0 Å². The summed E-state index contributed by atoms with van der Waals surface area (Å²) in [5.41, 5.74) is 4.39. The summed E-state index contributed by atoms with van der Waals surface area (Å²) >= 11 is 5.87. The van der Waals surface area contributed by atoms with Gasteiger partial charge in [0.2, 0.25) is 0 Å². The number of hydrogen-bond acceptors (Lipinski definition) is 6. The van der Waals surface area contributed by atoms with E-state index < -0.39 is 8.32 Å². The van der Waals surface area contributed by atoms with Crippen molar-refractivity contribution in [3.05, 3.63) is 59.2 Å². The van der Waals surface area contributed by atoms with Crippen LogP contribution in [0, 0.1) is 6.92 Å². The van der Waals surface area contributed by atoms with E-state index in [4.69, 9.17) is 9.16 Å². The number of piperazine rings is 1. The Labute approximate surface area is 272 Å². The Balaban J connectivity index is 0.00000237. The van der Waals surface area contributed by atoms with Crippen LogP contribution < -0.4 is 15.1 Å². The number of carbonyl (C=O) groups is 2. The molecule has 4 rings (SSSR count). The number of halogens is 1. The zero-order chi connectivity index (χ0) is 31.2. The Morgan fingerprint density at radius 2 is 1.79 bits per heavy atom. The molecule has 0 spiro atoms. The molecule has 2 aromatic carbocycles. The second-order valence-corrected chi connectivity index (χ2v) is 17.6. The van der Waals surface area contributed by atoms with Crippen LogP contribution in [0.1, 0.15) is 55.2 Å². The SMILES string of the molecule is Cc1ccc(N2CCN(C)CC2)cc1C(=O)N[C@H](C)c1cccc(N2CC(CO[Si](C)(C)C(C)(C)C)OC2=O)c1.[Cu][I]. The normalized spacial score (nSPS) is 18.7. The third-order valence-electron chi connectivity index (χ3n) is 8.67. The summed E-state index contributed by atoms with van der Waals surface area (Å²) in [5.74, 6) is -0.102. The summed E-state index contributed by atoms with van der Waals surface area (Å²) in [6.45, 7) is 19.7. The Bertz CT molecular complexity index is 1230. The molecule has 2 fully saturated rings. The first-order valence-corrected chi connectivity index (χ1v) is 20.4. The Morgan fingerprint density at radius 1 is 1.12 bits per heavy atom. The van der Waals surface area contributed by atoms with Crippen LogP contribution >= 0.6 is 20.3 Å². The minimum absolute atomic E-state index is 0.0919. The Kier molecular flexibility index (Phi) is 12.4. The first-order chi connectivity index (χ1) is 19.7. The molecule has 1 N–H and O–H groups in total. The standard InChI is InChI=1S/C31H46N4O4Si.Cu.HI/c1-22-12-13-25(34-16-14-33(6)15-17-34)19-28(22)29(36)32-23(2)24-10-9-11-26(18-24)35-20-27(39-30(35)37)21-38-40(7,8)31(3,4)5;;/h9-13,18-19,23,27H,14-17,20-21H2,1-8H3,(H,32,36);;1H/q;+1;/p-1/t23-,27?;;/m1../s1. The molecular weight excluding hydrogens is 711 g/mol. The molecule has 236 valence electrons. The summed E-state index contributed by atoms with van der Waals surface area (Å²) in [6, 6.07) is 13.6. The number of anilines is 2. The van der Waals surface area contributed by atoms with Crippen molar-refractivity contribution in [3.8, 4) is 0 Å². The van der Waals surface area contributed by atoms with Gasteiger partial charge in [-0.05, 0) is 74.4 Å². The van der Waals surface area contributed by atoms with Crippen molar-refractivity contribution in [1.29, 1.82) is 0 Å². The summed E-state index contributed by atoms with van der Waals surface area (Å²) in [7, 11) is 0.198. The number of amides is 2. The van der Waals surface area contributed by atoms with Gasteiger partial charge in [-0.3, -0.25) is 9.69 Å². The van der Waals surface area contributed by atoms with Gasteiger partial charge in [-0.25, -0.2) is 4.79 Å². The molecule has 0 aromatic heterocycles. The van der Waals surface area contributed by atoms with Crippen molar-refractivity contribution in [3.63, 3.8) is 0 Å². The number of likely N-dealkylation sites (N-methyl/N-ethyl adjacent to an activating group) is 1. The number of benzene rings is 2. The fourth-order valence-electron chi connectivity index (χ4n) is 4.77. The molecule has 11 heteroatoms. The van der Waals surface area contributed by atoms with Crippen molar-refractivity contribution >= 4 is 52.0 Å². The summed E-state index contributed by atoms with van der Waals surface area (Å²) in [6.07, 6.45) is -0.674. The van der Waals surface area contributed by atoms with Gasteiger partial charge in [0.25, 0.3) is 5.91 Å².